The van der Waals surface area contributed by atoms with Crippen LogP contribution in [0, 0.1) is 0 Å². The largest absolute Gasteiger partial charge is 0.436 e. The predicted molar refractivity (Wildman–Crippen MR) is 249 cm³/mol. The number of hydrogen-bond acceptors (Lipinski definition) is 6. The zero-order chi connectivity index (χ0) is 41.5. The van der Waals surface area contributed by atoms with Gasteiger partial charge in [0, 0.05) is 20.1 Å². The quantitative estimate of drug-likeness (QED) is 0.127. The first-order chi connectivity index (χ1) is 28.7. The van der Waals surface area contributed by atoms with Crippen LogP contribution < -0.4 is 30.3 Å². The molecule has 59 heavy (non-hydrogen) atoms. The first-order valence-corrected chi connectivity index (χ1v) is 23.7. The van der Waals surface area contributed by atoms with Crippen LogP contribution in [0.2, 0.25) is 0 Å². The minimum Gasteiger partial charge on any atom is -0.436 e. The van der Waals surface area contributed by atoms with Crippen LogP contribution in [0.5, 0.6) is 11.5 Å². The second-order valence-corrected chi connectivity index (χ2v) is 19.3. The van der Waals surface area contributed by atoms with E-state index in [1.807, 2.05) is 218 Å². The summed E-state index contributed by atoms with van der Waals surface area (Å²) in [5, 5.41) is 2.69. The van der Waals surface area contributed by atoms with E-state index in [1.165, 1.54) is 0 Å². The molecule has 11 heteroatoms. The molecule has 0 spiro atoms. The van der Waals surface area contributed by atoms with E-state index in [-0.39, 0.29) is 0 Å². The fourth-order valence-electron chi connectivity index (χ4n) is 6.11. The summed E-state index contributed by atoms with van der Waals surface area (Å²) in [7, 11) is -6.62. The van der Waals surface area contributed by atoms with Crippen LogP contribution in [-0.2, 0) is 20.7 Å². The molecular formula is C48H36Br2O6P2S. The average Bonchev–Trinajstić information content (AvgIpc) is 3.29. The molecule has 0 fully saturated rings. The van der Waals surface area contributed by atoms with Crippen molar-refractivity contribution < 1.29 is 26.6 Å². The molecule has 0 N–H and O–H groups in total. The molecule has 0 atom stereocenters. The lowest BCUT2D eigenvalue weighted by atomic mass is 10.1. The molecule has 0 heterocycles. The molecule has 0 aliphatic carbocycles. The molecule has 8 aromatic carbocycles. The van der Waals surface area contributed by atoms with Crippen LogP contribution in [-0.4, -0.2) is 8.42 Å². The van der Waals surface area contributed by atoms with Crippen molar-refractivity contribution in [2.75, 3.05) is 0 Å². The summed E-state index contributed by atoms with van der Waals surface area (Å²) >= 11 is 6.19. The second kappa shape index (κ2) is 21.0. The van der Waals surface area contributed by atoms with Crippen LogP contribution in [0.4, 0.5) is 0 Å². The molecule has 8 aromatic rings. The highest BCUT2D eigenvalue weighted by Gasteiger charge is 2.32. The van der Waals surface area contributed by atoms with Crippen LogP contribution in [0.15, 0.2) is 227 Å². The van der Waals surface area contributed by atoms with Gasteiger partial charge in [0.15, 0.2) is 0 Å². The molecule has 0 aliphatic heterocycles. The molecule has 0 radical (unpaired) electrons. The molecule has 0 unspecified atom stereocenters. The Morgan fingerprint density at radius 1 is 0.339 bits per heavy atom. The summed E-state index contributed by atoms with van der Waals surface area (Å²) in [4.78, 5) is 0. The highest BCUT2D eigenvalue weighted by atomic mass is 79.9. The highest BCUT2D eigenvalue weighted by Crippen LogP contribution is 2.49. The van der Waals surface area contributed by atoms with E-state index in [1.54, 1.807) is 0 Å². The first-order valence-electron chi connectivity index (χ1n) is 18.2. The van der Waals surface area contributed by atoms with Crippen molar-refractivity contribution in [3.63, 3.8) is 0 Å². The Labute approximate surface area is 364 Å². The van der Waals surface area contributed by atoms with E-state index in [4.69, 9.17) is 17.5 Å². The minimum absolute atomic E-state index is 0.598. The second-order valence-electron chi connectivity index (χ2n) is 12.7. The van der Waals surface area contributed by atoms with Gasteiger partial charge in [0.1, 0.15) is 11.5 Å². The minimum atomic E-state index is -3.31. The Kier molecular flexibility index (Phi) is 15.4. The molecule has 6 nitrogen and oxygen atoms in total. The average molecular weight is 963 g/mol. The van der Waals surface area contributed by atoms with Gasteiger partial charge < -0.3 is 9.05 Å². The number of halogens is 2. The van der Waals surface area contributed by atoms with Crippen molar-refractivity contribution in [2.24, 2.45) is 0 Å². The zero-order valence-electron chi connectivity index (χ0n) is 31.3. The molecule has 0 saturated carbocycles. The van der Waals surface area contributed by atoms with Gasteiger partial charge in [0.05, 0.1) is 21.2 Å². The van der Waals surface area contributed by atoms with Gasteiger partial charge in [-0.2, -0.15) is 8.42 Å². The Morgan fingerprint density at radius 3 is 0.847 bits per heavy atom. The molecule has 8 rings (SSSR count). The summed E-state index contributed by atoms with van der Waals surface area (Å²) in [6.45, 7) is 0. The van der Waals surface area contributed by atoms with Gasteiger partial charge in [-0.1, -0.05) is 165 Å². The van der Waals surface area contributed by atoms with Gasteiger partial charge in [-0.05, 0) is 96.1 Å². The van der Waals surface area contributed by atoms with Gasteiger partial charge in [0.25, 0.3) is 0 Å². The SMILES string of the molecule is O=P(Oc1ccccc1-c1ccc(Br)cc1)(c1ccccc1)c1ccccc1.O=P(Oc1ccccc1-c1ccc(Br)cc1)(c1ccccc1)c1ccccc1.O=S=O. The van der Waals surface area contributed by atoms with Crippen molar-refractivity contribution >= 4 is 79.4 Å². The van der Waals surface area contributed by atoms with E-state index in [9.17, 15) is 9.13 Å². The standard InChI is InChI=1S/2C24H18BrO2P.O2S/c2*25-20-17-15-19(16-18-20)23-13-7-8-14-24(23)27-28(26,21-9-3-1-4-10-21)22-11-5-2-6-12-22;1-3-2/h2*1-18H;. The highest BCUT2D eigenvalue weighted by molar-refractivity contribution is 9.10. The summed E-state index contributed by atoms with van der Waals surface area (Å²) in [6, 6.07) is 69.0. The third kappa shape index (κ3) is 11.0. The molecule has 0 aliphatic rings. The van der Waals surface area contributed by atoms with E-state index >= 15 is 0 Å². The maximum atomic E-state index is 14.2. The maximum absolute atomic E-state index is 14.2. The topological polar surface area (TPSA) is 86.7 Å². The summed E-state index contributed by atoms with van der Waals surface area (Å²) in [5.41, 5.74) is 3.82. The smallest absolute Gasteiger partial charge is 0.335 e. The number of para-hydroxylation sites is 2. The lowest BCUT2D eigenvalue weighted by Gasteiger charge is -2.22. The van der Waals surface area contributed by atoms with Crippen molar-refractivity contribution in [1.29, 1.82) is 0 Å². The lowest BCUT2D eigenvalue weighted by molar-refractivity contribution is 0.502. The van der Waals surface area contributed by atoms with Crippen LogP contribution >= 0.6 is 46.6 Å². The number of hydrogen-bond donors (Lipinski definition) is 0. The van der Waals surface area contributed by atoms with Gasteiger partial charge >= 0.3 is 26.3 Å². The molecular weight excluding hydrogens is 926 g/mol. The molecule has 0 saturated heterocycles. The zero-order valence-corrected chi connectivity index (χ0v) is 37.1. The predicted octanol–water partition coefficient (Wildman–Crippen LogP) is 12.2. The Hall–Kier alpha value is -5.40. The fourth-order valence-corrected chi connectivity index (χ4v) is 10.8. The molecule has 0 amide bonds. The third-order valence-electron chi connectivity index (χ3n) is 8.92. The van der Waals surface area contributed by atoms with Gasteiger partial charge in [-0.25, -0.2) is 0 Å². The van der Waals surface area contributed by atoms with Crippen LogP contribution in [0.25, 0.3) is 22.3 Å². The van der Waals surface area contributed by atoms with Crippen molar-refractivity contribution in [2.45, 2.75) is 0 Å². The van der Waals surface area contributed by atoms with E-state index in [0.29, 0.717) is 32.7 Å². The molecule has 0 aromatic heterocycles. The number of benzene rings is 8. The molecule has 0 bridgehead atoms. The normalized spacial score (nSPS) is 10.8. The summed E-state index contributed by atoms with van der Waals surface area (Å²) in [5.74, 6) is 1.20. The van der Waals surface area contributed by atoms with Crippen LogP contribution in [0.3, 0.4) is 0 Å². The van der Waals surface area contributed by atoms with Gasteiger partial charge in [0.2, 0.25) is 0 Å². The van der Waals surface area contributed by atoms with E-state index in [0.717, 1.165) is 31.2 Å². The van der Waals surface area contributed by atoms with Crippen molar-refractivity contribution in [1.82, 2.24) is 0 Å². The van der Waals surface area contributed by atoms with Gasteiger partial charge in [-0.15, -0.1) is 0 Å². The summed E-state index contributed by atoms with van der Waals surface area (Å²) in [6.07, 6.45) is 0. The Bertz CT molecular complexity index is 2430. The van der Waals surface area contributed by atoms with Crippen molar-refractivity contribution in [3.05, 3.63) is 227 Å². The van der Waals surface area contributed by atoms with E-state index in [2.05, 4.69) is 31.9 Å². The third-order valence-corrected chi connectivity index (χ3v) is 14.8. The Balaban J connectivity index is 0.000000186. The monoisotopic (exact) mass is 960 g/mol. The maximum Gasteiger partial charge on any atom is 0.335 e. The van der Waals surface area contributed by atoms with Gasteiger partial charge in [-0.3, -0.25) is 9.13 Å². The Morgan fingerprint density at radius 2 is 0.576 bits per heavy atom. The molecule has 294 valence electrons. The first kappa shape index (κ1) is 43.2. The van der Waals surface area contributed by atoms with E-state index < -0.39 is 26.3 Å². The number of rotatable bonds is 10. The van der Waals surface area contributed by atoms with Crippen molar-refractivity contribution in [3.8, 4) is 33.8 Å². The fraction of sp³-hybridized carbons (Fsp3) is 0. The lowest BCUT2D eigenvalue weighted by Crippen LogP contribution is -2.20. The summed E-state index contributed by atoms with van der Waals surface area (Å²) < 4.78 is 59.7. The van der Waals surface area contributed by atoms with Crippen LogP contribution in [0.1, 0.15) is 0 Å².